The second kappa shape index (κ2) is 9.13. The van der Waals surface area contributed by atoms with Crippen LogP contribution in [0.15, 0.2) is 89.7 Å². The maximum atomic E-state index is 14.3. The highest BCUT2D eigenvalue weighted by molar-refractivity contribution is 5.93. The third-order valence-electron chi connectivity index (χ3n) is 6.73. The number of benzene rings is 3. The molecule has 1 aliphatic heterocycles. The Morgan fingerprint density at radius 1 is 1.00 bits per heavy atom. The van der Waals surface area contributed by atoms with Crippen molar-refractivity contribution in [3.05, 3.63) is 119 Å². The summed E-state index contributed by atoms with van der Waals surface area (Å²) in [7, 11) is 1.86. The lowest BCUT2D eigenvalue weighted by molar-refractivity contribution is 0.0714. The summed E-state index contributed by atoms with van der Waals surface area (Å²) >= 11 is 0. The summed E-state index contributed by atoms with van der Waals surface area (Å²) in [5.41, 5.74) is 5.43. The molecule has 0 fully saturated rings. The van der Waals surface area contributed by atoms with Crippen LogP contribution in [-0.4, -0.2) is 32.3 Å². The van der Waals surface area contributed by atoms with Crippen molar-refractivity contribution in [2.75, 3.05) is 6.54 Å². The monoisotopic (exact) mass is 496 g/mol. The van der Waals surface area contributed by atoms with E-state index < -0.39 is 11.6 Å². The van der Waals surface area contributed by atoms with Gasteiger partial charge in [-0.25, -0.2) is 8.78 Å². The van der Waals surface area contributed by atoms with Crippen LogP contribution < -0.4 is 0 Å². The zero-order valence-corrected chi connectivity index (χ0v) is 19.9. The van der Waals surface area contributed by atoms with Gasteiger partial charge in [0, 0.05) is 44.4 Å². The summed E-state index contributed by atoms with van der Waals surface area (Å²) in [5, 5.41) is 8.24. The van der Waals surface area contributed by atoms with Gasteiger partial charge in [0.05, 0.1) is 11.8 Å². The van der Waals surface area contributed by atoms with Crippen LogP contribution in [0.25, 0.3) is 22.5 Å². The number of aromatic nitrogens is 3. The molecule has 8 heteroatoms. The predicted octanol–water partition coefficient (Wildman–Crippen LogP) is 5.81. The number of rotatable bonds is 4. The van der Waals surface area contributed by atoms with Gasteiger partial charge in [0.1, 0.15) is 11.6 Å². The SMILES string of the molecule is Cn1cc(C2CN(C(=O)c3cc(-c4ccc(F)cc4F)on3)Cc3cc(-c4ccccc4)ccc32)cn1. The summed E-state index contributed by atoms with van der Waals surface area (Å²) in [4.78, 5) is 15.3. The third kappa shape index (κ3) is 4.31. The van der Waals surface area contributed by atoms with E-state index in [1.807, 2.05) is 37.6 Å². The highest BCUT2D eigenvalue weighted by atomic mass is 19.1. The smallest absolute Gasteiger partial charge is 0.276 e. The number of carbonyl (C=O) groups excluding carboxylic acids is 1. The van der Waals surface area contributed by atoms with Gasteiger partial charge in [0.25, 0.3) is 5.91 Å². The van der Waals surface area contributed by atoms with Gasteiger partial charge < -0.3 is 9.42 Å². The van der Waals surface area contributed by atoms with Crippen molar-refractivity contribution in [3.8, 4) is 22.5 Å². The minimum atomic E-state index is -0.785. The first-order chi connectivity index (χ1) is 18.0. The zero-order chi connectivity index (χ0) is 25.5. The number of fused-ring (bicyclic) bond motifs is 1. The number of hydrogen-bond acceptors (Lipinski definition) is 4. The van der Waals surface area contributed by atoms with Crippen LogP contribution in [-0.2, 0) is 13.6 Å². The van der Waals surface area contributed by atoms with Crippen molar-refractivity contribution >= 4 is 5.91 Å². The Hall–Kier alpha value is -4.59. The van der Waals surface area contributed by atoms with Crippen LogP contribution in [0.4, 0.5) is 8.78 Å². The second-order valence-electron chi connectivity index (χ2n) is 9.17. The maximum absolute atomic E-state index is 14.3. The number of halogens is 2. The van der Waals surface area contributed by atoms with E-state index >= 15 is 0 Å². The van der Waals surface area contributed by atoms with Crippen molar-refractivity contribution in [2.45, 2.75) is 12.5 Å². The van der Waals surface area contributed by atoms with Gasteiger partial charge in [-0.1, -0.05) is 47.6 Å². The van der Waals surface area contributed by atoms with Gasteiger partial charge in [0.15, 0.2) is 11.5 Å². The van der Waals surface area contributed by atoms with Gasteiger partial charge in [-0.3, -0.25) is 9.48 Å². The molecular formula is C29H22F2N4O2. The van der Waals surface area contributed by atoms with Crippen LogP contribution in [0, 0.1) is 11.6 Å². The molecule has 6 rings (SSSR count). The highest BCUT2D eigenvalue weighted by Crippen LogP contribution is 2.36. The van der Waals surface area contributed by atoms with Gasteiger partial charge >= 0.3 is 0 Å². The largest absolute Gasteiger partial charge is 0.355 e. The number of aryl methyl sites for hydroxylation is 1. The first kappa shape index (κ1) is 22.8. The molecule has 0 aliphatic carbocycles. The number of hydrogen-bond donors (Lipinski definition) is 0. The van der Waals surface area contributed by atoms with Crippen molar-refractivity contribution in [3.63, 3.8) is 0 Å². The van der Waals surface area contributed by atoms with E-state index in [9.17, 15) is 13.6 Å². The van der Waals surface area contributed by atoms with Crippen LogP contribution in [0.3, 0.4) is 0 Å². The molecule has 5 aromatic rings. The predicted molar refractivity (Wildman–Crippen MR) is 134 cm³/mol. The van der Waals surface area contributed by atoms with Crippen molar-refractivity contribution in [1.29, 1.82) is 0 Å². The summed E-state index contributed by atoms with van der Waals surface area (Å²) in [6.45, 7) is 0.814. The van der Waals surface area contributed by atoms with Gasteiger partial charge in [-0.15, -0.1) is 0 Å². The van der Waals surface area contributed by atoms with E-state index in [0.29, 0.717) is 13.1 Å². The lowest BCUT2D eigenvalue weighted by atomic mass is 9.84. The Labute approximate surface area is 211 Å². The highest BCUT2D eigenvalue weighted by Gasteiger charge is 2.32. The topological polar surface area (TPSA) is 64.2 Å². The molecule has 2 aromatic heterocycles. The van der Waals surface area contributed by atoms with Crippen LogP contribution >= 0.6 is 0 Å². The van der Waals surface area contributed by atoms with E-state index in [0.717, 1.165) is 39.9 Å². The fourth-order valence-electron chi connectivity index (χ4n) is 4.90. The molecule has 3 aromatic carbocycles. The molecule has 3 heterocycles. The third-order valence-corrected chi connectivity index (χ3v) is 6.73. The number of carbonyl (C=O) groups is 1. The van der Waals surface area contributed by atoms with E-state index in [1.54, 1.807) is 9.58 Å². The Bertz CT molecular complexity index is 1610. The second-order valence-corrected chi connectivity index (χ2v) is 9.17. The normalized spacial score (nSPS) is 15.0. The molecule has 1 unspecified atom stereocenters. The molecule has 1 atom stereocenters. The first-order valence-corrected chi connectivity index (χ1v) is 11.8. The van der Waals surface area contributed by atoms with Gasteiger partial charge in [-0.05, 0) is 46.0 Å². The summed E-state index contributed by atoms with van der Waals surface area (Å²) < 4.78 is 34.6. The number of amides is 1. The summed E-state index contributed by atoms with van der Waals surface area (Å²) in [6.07, 6.45) is 3.78. The Balaban J connectivity index is 1.35. The molecule has 184 valence electrons. The van der Waals surface area contributed by atoms with Crippen LogP contribution in [0.5, 0.6) is 0 Å². The van der Waals surface area contributed by atoms with E-state index in [4.69, 9.17) is 4.52 Å². The molecule has 1 amide bonds. The standard InChI is InChI=1S/C29H22F2N4O2/c1-34-15-21(14-32-34)25-17-35(16-20-11-19(7-9-23(20)25)18-5-3-2-4-6-18)29(36)27-13-28(37-33-27)24-10-8-22(30)12-26(24)31/h2-15,25H,16-17H2,1H3. The molecule has 0 radical (unpaired) electrons. The fourth-order valence-corrected chi connectivity index (χ4v) is 4.90. The quantitative estimate of drug-likeness (QED) is 0.315. The molecule has 0 N–H and O–H groups in total. The maximum Gasteiger partial charge on any atom is 0.276 e. The lowest BCUT2D eigenvalue weighted by Crippen LogP contribution is -2.38. The molecule has 6 nitrogen and oxygen atoms in total. The molecule has 0 bridgehead atoms. The van der Waals surface area contributed by atoms with Crippen molar-refractivity contribution in [2.24, 2.45) is 7.05 Å². The summed E-state index contributed by atoms with van der Waals surface area (Å²) in [5.74, 6) is -1.82. The molecular weight excluding hydrogens is 474 g/mol. The molecule has 0 spiro atoms. The lowest BCUT2D eigenvalue weighted by Gasteiger charge is -2.34. The fraction of sp³-hybridized carbons (Fsp3) is 0.138. The van der Waals surface area contributed by atoms with Crippen LogP contribution in [0.1, 0.15) is 33.1 Å². The van der Waals surface area contributed by atoms with E-state index in [-0.39, 0.29) is 28.8 Å². The average molecular weight is 497 g/mol. The van der Waals surface area contributed by atoms with Gasteiger partial charge in [-0.2, -0.15) is 5.10 Å². The zero-order valence-electron chi connectivity index (χ0n) is 19.9. The van der Waals surface area contributed by atoms with Crippen molar-refractivity contribution < 1.29 is 18.1 Å². The van der Waals surface area contributed by atoms with E-state index in [2.05, 4.69) is 40.6 Å². The Morgan fingerprint density at radius 3 is 2.59 bits per heavy atom. The number of nitrogens with zero attached hydrogens (tertiary/aromatic N) is 4. The molecule has 37 heavy (non-hydrogen) atoms. The average Bonchev–Trinajstić information content (AvgIpc) is 3.57. The first-order valence-electron chi connectivity index (χ1n) is 11.8. The van der Waals surface area contributed by atoms with Crippen LogP contribution in [0.2, 0.25) is 0 Å². The van der Waals surface area contributed by atoms with E-state index in [1.165, 1.54) is 12.1 Å². The Morgan fingerprint density at radius 2 is 1.84 bits per heavy atom. The Kier molecular flexibility index (Phi) is 5.64. The summed E-state index contributed by atoms with van der Waals surface area (Å²) in [6, 6.07) is 21.0. The minimum absolute atomic E-state index is 0.0395. The minimum Gasteiger partial charge on any atom is -0.355 e. The molecule has 0 saturated heterocycles. The van der Waals surface area contributed by atoms with Gasteiger partial charge in [0.2, 0.25) is 0 Å². The van der Waals surface area contributed by atoms with Crippen molar-refractivity contribution in [1.82, 2.24) is 19.8 Å². The molecule has 1 aliphatic rings. The molecule has 0 saturated carbocycles.